The SMILES string of the molecule is C=C(C)CN(C)C(=O)C1CC2CC2C1. The van der Waals surface area contributed by atoms with E-state index in [1.807, 2.05) is 18.9 Å². The molecular formula is C12H19NO. The molecule has 0 aliphatic heterocycles. The van der Waals surface area contributed by atoms with E-state index in [0.717, 1.165) is 30.3 Å². The summed E-state index contributed by atoms with van der Waals surface area (Å²) in [7, 11) is 1.89. The lowest BCUT2D eigenvalue weighted by Gasteiger charge is -2.21. The molecule has 14 heavy (non-hydrogen) atoms. The quantitative estimate of drug-likeness (QED) is 0.628. The Morgan fingerprint density at radius 1 is 1.36 bits per heavy atom. The molecule has 2 rings (SSSR count). The molecule has 0 heterocycles. The zero-order chi connectivity index (χ0) is 10.3. The molecule has 0 aromatic heterocycles. The predicted octanol–water partition coefficient (Wildman–Crippen LogP) is 2.07. The molecule has 0 N–H and O–H groups in total. The van der Waals surface area contributed by atoms with Crippen molar-refractivity contribution in [3.63, 3.8) is 0 Å². The van der Waals surface area contributed by atoms with Crippen molar-refractivity contribution < 1.29 is 4.79 Å². The first kappa shape index (κ1) is 9.75. The molecule has 2 fully saturated rings. The minimum absolute atomic E-state index is 0.322. The number of amides is 1. The first-order valence-corrected chi connectivity index (χ1v) is 5.47. The van der Waals surface area contributed by atoms with E-state index in [9.17, 15) is 4.79 Å². The van der Waals surface area contributed by atoms with E-state index >= 15 is 0 Å². The minimum Gasteiger partial charge on any atom is -0.342 e. The highest BCUT2D eigenvalue weighted by Gasteiger charge is 2.48. The number of likely N-dealkylation sites (N-methyl/N-ethyl adjacent to an activating group) is 1. The van der Waals surface area contributed by atoms with E-state index in [-0.39, 0.29) is 0 Å². The Labute approximate surface area is 86.0 Å². The van der Waals surface area contributed by atoms with E-state index in [1.54, 1.807) is 0 Å². The second kappa shape index (κ2) is 3.41. The Bertz CT molecular complexity index is 261. The molecule has 2 heteroatoms. The average Bonchev–Trinajstić information content (AvgIpc) is 2.71. The standard InChI is InChI=1S/C12H19NO/c1-8(2)7-13(3)12(14)11-5-9-4-10(9)6-11/h9-11H,1,4-7H2,2-3H3. The Morgan fingerprint density at radius 2 is 1.93 bits per heavy atom. The van der Waals surface area contributed by atoms with Crippen LogP contribution in [0.25, 0.3) is 0 Å². The molecule has 0 saturated heterocycles. The number of hydrogen-bond donors (Lipinski definition) is 0. The van der Waals surface area contributed by atoms with Crippen molar-refractivity contribution in [1.29, 1.82) is 0 Å². The third-order valence-electron chi connectivity index (χ3n) is 3.48. The van der Waals surface area contributed by atoms with Gasteiger partial charge in [-0.1, -0.05) is 12.2 Å². The molecule has 0 radical (unpaired) electrons. The normalized spacial score (nSPS) is 33.7. The van der Waals surface area contributed by atoms with Crippen molar-refractivity contribution in [2.45, 2.75) is 26.2 Å². The van der Waals surface area contributed by atoms with Crippen molar-refractivity contribution in [3.05, 3.63) is 12.2 Å². The number of carbonyl (C=O) groups excluding carboxylic acids is 1. The minimum atomic E-state index is 0.322. The zero-order valence-electron chi connectivity index (χ0n) is 9.12. The number of hydrogen-bond acceptors (Lipinski definition) is 1. The van der Waals surface area contributed by atoms with Crippen molar-refractivity contribution in [3.8, 4) is 0 Å². The summed E-state index contributed by atoms with van der Waals surface area (Å²) in [5.74, 6) is 2.44. The summed E-state index contributed by atoms with van der Waals surface area (Å²) in [6.07, 6.45) is 3.67. The lowest BCUT2D eigenvalue weighted by molar-refractivity contribution is -0.133. The van der Waals surface area contributed by atoms with Crippen LogP contribution in [0.2, 0.25) is 0 Å². The molecule has 2 aliphatic carbocycles. The largest absolute Gasteiger partial charge is 0.342 e. The van der Waals surface area contributed by atoms with Crippen molar-refractivity contribution in [2.24, 2.45) is 17.8 Å². The van der Waals surface area contributed by atoms with Gasteiger partial charge in [-0.05, 0) is 38.0 Å². The van der Waals surface area contributed by atoms with Gasteiger partial charge in [0, 0.05) is 19.5 Å². The van der Waals surface area contributed by atoms with Crippen LogP contribution in [0.1, 0.15) is 26.2 Å². The molecular weight excluding hydrogens is 174 g/mol. The molecule has 2 aliphatic rings. The maximum absolute atomic E-state index is 11.9. The third-order valence-corrected chi connectivity index (χ3v) is 3.48. The number of fused-ring (bicyclic) bond motifs is 1. The Kier molecular flexibility index (Phi) is 2.38. The fraction of sp³-hybridized carbons (Fsp3) is 0.750. The number of carbonyl (C=O) groups is 1. The molecule has 2 unspecified atom stereocenters. The van der Waals surface area contributed by atoms with Gasteiger partial charge in [-0.25, -0.2) is 0 Å². The van der Waals surface area contributed by atoms with Crippen molar-refractivity contribution in [1.82, 2.24) is 4.90 Å². The molecule has 2 atom stereocenters. The molecule has 1 amide bonds. The van der Waals surface area contributed by atoms with Crippen LogP contribution in [-0.2, 0) is 4.79 Å². The monoisotopic (exact) mass is 193 g/mol. The van der Waals surface area contributed by atoms with E-state index in [4.69, 9.17) is 0 Å². The maximum Gasteiger partial charge on any atom is 0.225 e. The summed E-state index contributed by atoms with van der Waals surface area (Å²) in [4.78, 5) is 13.8. The van der Waals surface area contributed by atoms with Crippen LogP contribution in [0.4, 0.5) is 0 Å². The first-order valence-electron chi connectivity index (χ1n) is 5.47. The second-order valence-corrected chi connectivity index (χ2v) is 5.08. The average molecular weight is 193 g/mol. The van der Waals surface area contributed by atoms with Gasteiger partial charge < -0.3 is 4.90 Å². The summed E-state index contributed by atoms with van der Waals surface area (Å²) in [6.45, 7) is 6.52. The summed E-state index contributed by atoms with van der Waals surface area (Å²) >= 11 is 0. The second-order valence-electron chi connectivity index (χ2n) is 5.08. The van der Waals surface area contributed by atoms with Crippen LogP contribution in [0.5, 0.6) is 0 Å². The van der Waals surface area contributed by atoms with Gasteiger partial charge in [-0.2, -0.15) is 0 Å². The molecule has 0 aromatic carbocycles. The van der Waals surface area contributed by atoms with Gasteiger partial charge >= 0.3 is 0 Å². The van der Waals surface area contributed by atoms with Crippen LogP contribution in [-0.4, -0.2) is 24.4 Å². The fourth-order valence-corrected chi connectivity index (χ4v) is 2.71. The van der Waals surface area contributed by atoms with E-state index < -0.39 is 0 Å². The number of nitrogens with zero attached hydrogens (tertiary/aromatic N) is 1. The Morgan fingerprint density at radius 3 is 2.43 bits per heavy atom. The van der Waals surface area contributed by atoms with Gasteiger partial charge in [0.25, 0.3) is 0 Å². The highest BCUT2D eigenvalue weighted by atomic mass is 16.2. The zero-order valence-corrected chi connectivity index (χ0v) is 9.12. The maximum atomic E-state index is 11.9. The van der Waals surface area contributed by atoms with Crippen molar-refractivity contribution in [2.75, 3.05) is 13.6 Å². The summed E-state index contributed by atoms with van der Waals surface area (Å²) in [5.41, 5.74) is 1.06. The van der Waals surface area contributed by atoms with Crippen LogP contribution in [0.15, 0.2) is 12.2 Å². The first-order chi connectivity index (χ1) is 6.58. The smallest absolute Gasteiger partial charge is 0.225 e. The highest BCUT2D eigenvalue weighted by Crippen LogP contribution is 2.54. The van der Waals surface area contributed by atoms with Gasteiger partial charge in [-0.3, -0.25) is 4.79 Å². The summed E-state index contributed by atoms with van der Waals surface area (Å²) in [6, 6.07) is 0. The van der Waals surface area contributed by atoms with Crippen LogP contribution in [0, 0.1) is 17.8 Å². The highest BCUT2D eigenvalue weighted by molar-refractivity contribution is 5.79. The van der Waals surface area contributed by atoms with E-state index in [0.29, 0.717) is 18.4 Å². The van der Waals surface area contributed by atoms with Crippen molar-refractivity contribution >= 4 is 5.91 Å². The topological polar surface area (TPSA) is 20.3 Å². The van der Waals surface area contributed by atoms with Crippen LogP contribution in [0.3, 0.4) is 0 Å². The third kappa shape index (κ3) is 1.84. The number of rotatable bonds is 3. The Hall–Kier alpha value is -0.790. The molecule has 2 nitrogen and oxygen atoms in total. The van der Waals surface area contributed by atoms with E-state index in [2.05, 4.69) is 6.58 Å². The molecule has 0 bridgehead atoms. The molecule has 0 spiro atoms. The fourth-order valence-electron chi connectivity index (χ4n) is 2.71. The predicted molar refractivity (Wildman–Crippen MR) is 56.8 cm³/mol. The summed E-state index contributed by atoms with van der Waals surface area (Å²) in [5, 5.41) is 0. The molecule has 78 valence electrons. The lowest BCUT2D eigenvalue weighted by atomic mass is 10.0. The van der Waals surface area contributed by atoms with Gasteiger partial charge in [0.05, 0.1) is 0 Å². The van der Waals surface area contributed by atoms with Crippen LogP contribution >= 0.6 is 0 Å². The van der Waals surface area contributed by atoms with Gasteiger partial charge in [0.15, 0.2) is 0 Å². The molecule has 2 saturated carbocycles. The lowest BCUT2D eigenvalue weighted by Crippen LogP contribution is -2.33. The van der Waals surface area contributed by atoms with Gasteiger partial charge in [0.1, 0.15) is 0 Å². The van der Waals surface area contributed by atoms with Crippen LogP contribution < -0.4 is 0 Å². The molecule has 0 aromatic rings. The van der Waals surface area contributed by atoms with Gasteiger partial charge in [0.2, 0.25) is 5.91 Å². The van der Waals surface area contributed by atoms with E-state index in [1.165, 1.54) is 6.42 Å². The van der Waals surface area contributed by atoms with Gasteiger partial charge in [-0.15, -0.1) is 0 Å². The Balaban J connectivity index is 1.85. The summed E-state index contributed by atoms with van der Waals surface area (Å²) < 4.78 is 0.